The van der Waals surface area contributed by atoms with E-state index in [9.17, 15) is 9.59 Å². The number of morpholine rings is 1. The molecule has 2 rings (SSSR count). The van der Waals surface area contributed by atoms with Crippen molar-refractivity contribution < 1.29 is 19.4 Å². The molecule has 0 aromatic heterocycles. The van der Waals surface area contributed by atoms with Gasteiger partial charge in [0.25, 0.3) is 0 Å². The fraction of sp³-hybridized carbons (Fsp3) is 0.846. The number of carboxylic acid groups (broad SMARTS) is 1. The Labute approximate surface area is 113 Å². The van der Waals surface area contributed by atoms with Crippen LogP contribution in [-0.2, 0) is 9.53 Å². The maximum atomic E-state index is 12.4. The highest BCUT2D eigenvalue weighted by Crippen LogP contribution is 2.25. The summed E-state index contributed by atoms with van der Waals surface area (Å²) in [5.41, 5.74) is 0. The fourth-order valence-electron chi connectivity index (χ4n) is 2.98. The summed E-state index contributed by atoms with van der Waals surface area (Å²) in [5, 5.41) is 9.11. The van der Waals surface area contributed by atoms with E-state index < -0.39 is 11.9 Å². The summed E-state index contributed by atoms with van der Waals surface area (Å²) in [7, 11) is 0. The highest BCUT2D eigenvalue weighted by molar-refractivity contribution is 5.78. The molecule has 0 aromatic carbocycles. The topological polar surface area (TPSA) is 70.1 Å². The summed E-state index contributed by atoms with van der Waals surface area (Å²) in [5.74, 6) is -1.25. The van der Waals surface area contributed by atoms with Gasteiger partial charge in [0.15, 0.2) is 0 Å². The molecule has 0 spiro atoms. The fourth-order valence-corrected chi connectivity index (χ4v) is 2.98. The van der Waals surface area contributed by atoms with Gasteiger partial charge in [0.2, 0.25) is 0 Å². The average molecular weight is 270 g/mol. The molecule has 6 nitrogen and oxygen atoms in total. The largest absolute Gasteiger partial charge is 0.481 e. The molecule has 6 heteroatoms. The summed E-state index contributed by atoms with van der Waals surface area (Å²) in [6, 6.07) is -0.0578. The predicted molar refractivity (Wildman–Crippen MR) is 68.8 cm³/mol. The average Bonchev–Trinajstić information content (AvgIpc) is 2.69. The van der Waals surface area contributed by atoms with Crippen LogP contribution in [-0.4, -0.2) is 65.3 Å². The Kier molecular flexibility index (Phi) is 3.99. The quantitative estimate of drug-likeness (QED) is 0.767. The number of urea groups is 1. The molecule has 0 saturated carbocycles. The minimum atomic E-state index is -0.813. The molecule has 2 saturated heterocycles. The molecule has 4 atom stereocenters. The summed E-state index contributed by atoms with van der Waals surface area (Å²) in [4.78, 5) is 26.9. The third kappa shape index (κ3) is 3.00. The van der Waals surface area contributed by atoms with Crippen molar-refractivity contribution in [2.24, 2.45) is 11.8 Å². The van der Waals surface area contributed by atoms with Gasteiger partial charge in [-0.25, -0.2) is 4.79 Å². The highest BCUT2D eigenvalue weighted by Gasteiger charge is 2.39. The van der Waals surface area contributed by atoms with E-state index in [1.54, 1.807) is 9.80 Å². The predicted octanol–water partition coefficient (Wildman–Crippen LogP) is 0.868. The van der Waals surface area contributed by atoms with Crippen LogP contribution in [0.25, 0.3) is 0 Å². The van der Waals surface area contributed by atoms with Gasteiger partial charge in [0, 0.05) is 26.2 Å². The first-order valence-electron chi connectivity index (χ1n) is 6.80. The van der Waals surface area contributed by atoms with Crippen molar-refractivity contribution in [3.05, 3.63) is 0 Å². The van der Waals surface area contributed by atoms with E-state index in [2.05, 4.69) is 0 Å². The van der Waals surface area contributed by atoms with E-state index in [4.69, 9.17) is 9.84 Å². The molecule has 0 aliphatic carbocycles. The second-order valence-electron chi connectivity index (χ2n) is 5.77. The van der Waals surface area contributed by atoms with Crippen LogP contribution in [0.5, 0.6) is 0 Å². The first-order chi connectivity index (χ1) is 8.88. The van der Waals surface area contributed by atoms with Crippen molar-refractivity contribution in [1.82, 2.24) is 9.80 Å². The van der Waals surface area contributed by atoms with Crippen LogP contribution in [0.3, 0.4) is 0 Å². The minimum Gasteiger partial charge on any atom is -0.481 e. The monoisotopic (exact) mass is 270 g/mol. The Hall–Kier alpha value is -1.30. The van der Waals surface area contributed by atoms with Crippen molar-refractivity contribution >= 4 is 12.0 Å². The van der Waals surface area contributed by atoms with E-state index in [1.165, 1.54) is 0 Å². The summed E-state index contributed by atoms with van der Waals surface area (Å²) in [6.07, 6.45) is 0.0611. The molecular formula is C13H22N2O4. The van der Waals surface area contributed by atoms with Crippen LogP contribution in [0.15, 0.2) is 0 Å². The number of nitrogens with zero attached hydrogens (tertiary/aromatic N) is 2. The van der Waals surface area contributed by atoms with E-state index in [-0.39, 0.29) is 24.2 Å². The Morgan fingerprint density at radius 2 is 1.53 bits per heavy atom. The number of aliphatic carboxylic acids is 1. The number of carbonyl (C=O) groups is 2. The Morgan fingerprint density at radius 3 is 2.00 bits per heavy atom. The van der Waals surface area contributed by atoms with Crippen LogP contribution < -0.4 is 0 Å². The number of carboxylic acids is 1. The van der Waals surface area contributed by atoms with Gasteiger partial charge < -0.3 is 19.6 Å². The number of hydrogen-bond donors (Lipinski definition) is 1. The van der Waals surface area contributed by atoms with Gasteiger partial charge >= 0.3 is 12.0 Å². The van der Waals surface area contributed by atoms with Crippen molar-refractivity contribution in [2.45, 2.75) is 33.0 Å². The van der Waals surface area contributed by atoms with Gasteiger partial charge in [-0.3, -0.25) is 4.79 Å². The van der Waals surface area contributed by atoms with Gasteiger partial charge in [-0.1, -0.05) is 6.92 Å². The molecule has 0 radical (unpaired) electrons. The normalized spacial score (nSPS) is 35.5. The number of carbonyl (C=O) groups excluding carboxylic acids is 1. The zero-order valence-electron chi connectivity index (χ0n) is 11.7. The smallest absolute Gasteiger partial charge is 0.320 e. The minimum absolute atomic E-state index is 0.0114. The number of likely N-dealkylation sites (tertiary alicyclic amines) is 1. The van der Waals surface area contributed by atoms with Crippen LogP contribution in [0, 0.1) is 11.8 Å². The standard InChI is InChI=1S/C13H22N2O4/c1-8-4-14(7-11(8)12(16)17)13(18)15-5-9(2)19-10(3)6-15/h8-11H,4-7H2,1-3H3,(H,16,17)/t8-,9?,10?,11-/m1/s1. The summed E-state index contributed by atoms with van der Waals surface area (Å²) < 4.78 is 5.60. The number of amides is 2. The van der Waals surface area contributed by atoms with E-state index in [1.807, 2.05) is 20.8 Å². The zero-order chi connectivity index (χ0) is 14.2. The zero-order valence-corrected chi connectivity index (χ0v) is 11.7. The lowest BCUT2D eigenvalue weighted by Crippen LogP contribution is -2.52. The van der Waals surface area contributed by atoms with E-state index in [0.717, 1.165) is 0 Å². The molecule has 2 amide bonds. The number of rotatable bonds is 1. The third-order valence-electron chi connectivity index (χ3n) is 3.89. The lowest BCUT2D eigenvalue weighted by Gasteiger charge is -2.37. The van der Waals surface area contributed by atoms with Gasteiger partial charge in [0.1, 0.15) is 0 Å². The molecular weight excluding hydrogens is 248 g/mol. The van der Waals surface area contributed by atoms with Crippen LogP contribution >= 0.6 is 0 Å². The maximum absolute atomic E-state index is 12.4. The van der Waals surface area contributed by atoms with Crippen molar-refractivity contribution in [3.63, 3.8) is 0 Å². The first-order valence-corrected chi connectivity index (χ1v) is 6.80. The van der Waals surface area contributed by atoms with Crippen LogP contribution in [0.1, 0.15) is 20.8 Å². The molecule has 2 unspecified atom stereocenters. The Bertz CT molecular complexity index is 364. The second-order valence-corrected chi connectivity index (χ2v) is 5.77. The van der Waals surface area contributed by atoms with Crippen molar-refractivity contribution in [3.8, 4) is 0 Å². The maximum Gasteiger partial charge on any atom is 0.320 e. The van der Waals surface area contributed by atoms with E-state index >= 15 is 0 Å². The molecule has 2 aliphatic rings. The van der Waals surface area contributed by atoms with Crippen molar-refractivity contribution in [2.75, 3.05) is 26.2 Å². The molecule has 2 fully saturated rings. The highest BCUT2D eigenvalue weighted by atomic mass is 16.5. The number of ether oxygens (including phenoxy) is 1. The first kappa shape index (κ1) is 14.1. The molecule has 2 heterocycles. The lowest BCUT2D eigenvalue weighted by molar-refractivity contribution is -0.142. The second kappa shape index (κ2) is 5.36. The molecule has 0 bridgehead atoms. The Morgan fingerprint density at radius 1 is 1.00 bits per heavy atom. The van der Waals surface area contributed by atoms with Gasteiger partial charge in [-0.15, -0.1) is 0 Å². The molecule has 1 N–H and O–H groups in total. The van der Waals surface area contributed by atoms with E-state index in [0.29, 0.717) is 26.2 Å². The lowest BCUT2D eigenvalue weighted by atomic mass is 9.99. The summed E-state index contributed by atoms with van der Waals surface area (Å²) in [6.45, 7) is 7.77. The van der Waals surface area contributed by atoms with Crippen molar-refractivity contribution in [1.29, 1.82) is 0 Å². The summed E-state index contributed by atoms with van der Waals surface area (Å²) >= 11 is 0. The van der Waals surface area contributed by atoms with Crippen LogP contribution in [0.2, 0.25) is 0 Å². The molecule has 2 aliphatic heterocycles. The van der Waals surface area contributed by atoms with Gasteiger partial charge in [0.05, 0.1) is 18.1 Å². The number of hydrogen-bond acceptors (Lipinski definition) is 3. The SMILES string of the molecule is CC1CN(C(=O)N2C[C@@H](C)[C@H](C(=O)O)C2)CC(C)O1. The Balaban J connectivity index is 1.99. The van der Waals surface area contributed by atoms with Gasteiger partial charge in [-0.2, -0.15) is 0 Å². The molecule has 19 heavy (non-hydrogen) atoms. The third-order valence-corrected chi connectivity index (χ3v) is 3.89. The molecule has 0 aromatic rings. The van der Waals surface area contributed by atoms with Gasteiger partial charge in [-0.05, 0) is 19.8 Å². The van der Waals surface area contributed by atoms with Crippen LogP contribution in [0.4, 0.5) is 4.79 Å². The molecule has 108 valence electrons.